The third-order valence-corrected chi connectivity index (χ3v) is 6.03. The SMILES string of the molecule is COc1ccc(N2C(=O)c3ccccc3NC23CN(Cc2ccc(Cl)cc2)C3)cc1. The van der Waals surface area contributed by atoms with E-state index in [0.717, 1.165) is 41.8 Å². The Labute approximate surface area is 180 Å². The maximum Gasteiger partial charge on any atom is 0.262 e. The van der Waals surface area contributed by atoms with Gasteiger partial charge < -0.3 is 10.1 Å². The van der Waals surface area contributed by atoms with Gasteiger partial charge in [-0.2, -0.15) is 0 Å². The van der Waals surface area contributed by atoms with Crippen LogP contribution in [0.5, 0.6) is 5.75 Å². The van der Waals surface area contributed by atoms with E-state index in [-0.39, 0.29) is 5.91 Å². The molecule has 0 saturated carbocycles. The zero-order valence-electron chi connectivity index (χ0n) is 16.6. The number of hydrogen-bond donors (Lipinski definition) is 1. The van der Waals surface area contributed by atoms with E-state index in [2.05, 4.69) is 10.2 Å². The van der Waals surface area contributed by atoms with Crippen LogP contribution >= 0.6 is 11.6 Å². The van der Waals surface area contributed by atoms with E-state index >= 15 is 0 Å². The van der Waals surface area contributed by atoms with Gasteiger partial charge in [0, 0.05) is 36.0 Å². The Hall–Kier alpha value is -3.02. The van der Waals surface area contributed by atoms with Gasteiger partial charge in [0.2, 0.25) is 0 Å². The molecule has 1 amide bonds. The van der Waals surface area contributed by atoms with Crippen molar-refractivity contribution in [3.05, 3.63) is 88.9 Å². The first-order valence-corrected chi connectivity index (χ1v) is 10.3. The minimum Gasteiger partial charge on any atom is -0.497 e. The van der Waals surface area contributed by atoms with E-state index in [0.29, 0.717) is 5.56 Å². The second kappa shape index (κ2) is 7.35. The third-order valence-electron chi connectivity index (χ3n) is 5.78. The summed E-state index contributed by atoms with van der Waals surface area (Å²) in [7, 11) is 1.64. The molecule has 1 N–H and O–H groups in total. The van der Waals surface area contributed by atoms with Crippen molar-refractivity contribution in [1.29, 1.82) is 0 Å². The maximum absolute atomic E-state index is 13.5. The van der Waals surface area contributed by atoms with Gasteiger partial charge in [-0.05, 0) is 54.1 Å². The first kappa shape index (κ1) is 19.0. The highest BCUT2D eigenvalue weighted by atomic mass is 35.5. The van der Waals surface area contributed by atoms with Crippen molar-refractivity contribution in [2.24, 2.45) is 0 Å². The van der Waals surface area contributed by atoms with Gasteiger partial charge in [0.05, 0.1) is 12.7 Å². The largest absolute Gasteiger partial charge is 0.497 e. The van der Waals surface area contributed by atoms with Crippen molar-refractivity contribution in [2.75, 3.05) is 30.4 Å². The van der Waals surface area contributed by atoms with Crippen LogP contribution in [-0.2, 0) is 6.54 Å². The standard InChI is InChI=1S/C24H22ClN3O2/c1-30-20-12-10-19(11-13-20)28-23(29)21-4-2-3-5-22(21)26-24(28)15-27(16-24)14-17-6-8-18(25)9-7-17/h2-13,26H,14-16H2,1H3. The quantitative estimate of drug-likeness (QED) is 0.669. The second-order valence-electron chi connectivity index (χ2n) is 7.81. The molecule has 0 radical (unpaired) electrons. The van der Waals surface area contributed by atoms with Crippen LogP contribution in [0, 0.1) is 0 Å². The molecule has 2 aliphatic rings. The molecule has 6 heteroatoms. The molecule has 5 rings (SSSR count). The van der Waals surface area contributed by atoms with Crippen LogP contribution in [0.2, 0.25) is 5.02 Å². The number of anilines is 2. The van der Waals surface area contributed by atoms with Gasteiger partial charge in [-0.15, -0.1) is 0 Å². The van der Waals surface area contributed by atoms with E-state index in [9.17, 15) is 4.79 Å². The van der Waals surface area contributed by atoms with Gasteiger partial charge in [0.1, 0.15) is 11.4 Å². The zero-order chi connectivity index (χ0) is 20.7. The highest BCUT2D eigenvalue weighted by Gasteiger charge is 2.53. The summed E-state index contributed by atoms with van der Waals surface area (Å²) in [5, 5.41) is 4.39. The number of amides is 1. The van der Waals surface area contributed by atoms with Crippen LogP contribution < -0.4 is 15.0 Å². The van der Waals surface area contributed by atoms with Gasteiger partial charge in [-0.25, -0.2) is 0 Å². The lowest BCUT2D eigenvalue weighted by Gasteiger charge is -2.58. The fourth-order valence-electron chi connectivity index (χ4n) is 4.37. The van der Waals surface area contributed by atoms with Gasteiger partial charge in [-0.3, -0.25) is 14.6 Å². The number of nitrogens with one attached hydrogen (secondary N) is 1. The molecule has 152 valence electrons. The van der Waals surface area contributed by atoms with E-state index in [1.54, 1.807) is 7.11 Å². The number of methoxy groups -OCH3 is 1. The number of halogens is 1. The Morgan fingerprint density at radius 1 is 1.00 bits per heavy atom. The Kier molecular flexibility index (Phi) is 4.65. The summed E-state index contributed by atoms with van der Waals surface area (Å²) in [6, 6.07) is 23.3. The molecule has 2 heterocycles. The van der Waals surface area contributed by atoms with Crippen LogP contribution in [0.3, 0.4) is 0 Å². The fourth-order valence-corrected chi connectivity index (χ4v) is 4.50. The first-order chi connectivity index (χ1) is 14.6. The number of likely N-dealkylation sites (tertiary alicyclic amines) is 1. The number of para-hydroxylation sites is 1. The van der Waals surface area contributed by atoms with Crippen molar-refractivity contribution >= 4 is 28.9 Å². The van der Waals surface area contributed by atoms with Crippen LogP contribution in [-0.4, -0.2) is 36.7 Å². The molecule has 30 heavy (non-hydrogen) atoms. The van der Waals surface area contributed by atoms with Crippen molar-refractivity contribution < 1.29 is 9.53 Å². The van der Waals surface area contributed by atoms with E-state index in [1.807, 2.05) is 77.7 Å². The Morgan fingerprint density at radius 3 is 2.40 bits per heavy atom. The molecular weight excluding hydrogens is 398 g/mol. The second-order valence-corrected chi connectivity index (χ2v) is 8.25. The number of hydrogen-bond acceptors (Lipinski definition) is 4. The molecule has 0 aliphatic carbocycles. The molecule has 2 aliphatic heterocycles. The van der Waals surface area contributed by atoms with Gasteiger partial charge in [0.15, 0.2) is 0 Å². The van der Waals surface area contributed by atoms with Crippen LogP contribution in [0.1, 0.15) is 15.9 Å². The van der Waals surface area contributed by atoms with Crippen molar-refractivity contribution in [3.8, 4) is 5.75 Å². The molecule has 1 spiro atoms. The lowest BCUT2D eigenvalue weighted by atomic mass is 9.90. The number of rotatable bonds is 4. The summed E-state index contributed by atoms with van der Waals surface area (Å²) in [5.41, 5.74) is 3.15. The summed E-state index contributed by atoms with van der Waals surface area (Å²) < 4.78 is 5.29. The Bertz CT molecular complexity index is 1080. The minimum atomic E-state index is -0.480. The predicted molar refractivity (Wildman–Crippen MR) is 119 cm³/mol. The summed E-state index contributed by atoms with van der Waals surface area (Å²) in [4.78, 5) is 17.7. The molecule has 3 aromatic carbocycles. The summed E-state index contributed by atoms with van der Waals surface area (Å²) >= 11 is 6.01. The lowest BCUT2D eigenvalue weighted by Crippen LogP contribution is -2.76. The lowest BCUT2D eigenvalue weighted by molar-refractivity contribution is 0.0609. The molecule has 0 aromatic heterocycles. The van der Waals surface area contributed by atoms with Gasteiger partial charge in [-0.1, -0.05) is 35.9 Å². The summed E-state index contributed by atoms with van der Waals surface area (Å²) in [5.74, 6) is 0.782. The maximum atomic E-state index is 13.5. The van der Waals surface area contributed by atoms with Crippen LogP contribution in [0.15, 0.2) is 72.8 Å². The average molecular weight is 420 g/mol. The minimum absolute atomic E-state index is 0.0145. The average Bonchev–Trinajstić information content (AvgIpc) is 2.74. The summed E-state index contributed by atoms with van der Waals surface area (Å²) in [6.45, 7) is 2.26. The number of carbonyl (C=O) groups is 1. The van der Waals surface area contributed by atoms with Crippen LogP contribution in [0.4, 0.5) is 11.4 Å². The molecule has 1 saturated heterocycles. The predicted octanol–water partition coefficient (Wildman–Crippen LogP) is 4.63. The van der Waals surface area contributed by atoms with Gasteiger partial charge in [0.25, 0.3) is 5.91 Å². The van der Waals surface area contributed by atoms with E-state index in [1.165, 1.54) is 5.56 Å². The highest BCUT2D eigenvalue weighted by molar-refractivity contribution is 6.30. The molecule has 0 unspecified atom stereocenters. The fraction of sp³-hybridized carbons (Fsp3) is 0.208. The van der Waals surface area contributed by atoms with E-state index < -0.39 is 5.66 Å². The molecule has 1 fully saturated rings. The van der Waals surface area contributed by atoms with Crippen molar-refractivity contribution in [3.63, 3.8) is 0 Å². The molecule has 0 bridgehead atoms. The zero-order valence-corrected chi connectivity index (χ0v) is 17.4. The molecule has 0 atom stereocenters. The first-order valence-electron chi connectivity index (χ1n) is 9.91. The number of fused-ring (bicyclic) bond motifs is 1. The number of ether oxygens (including phenoxy) is 1. The third kappa shape index (κ3) is 3.20. The van der Waals surface area contributed by atoms with Gasteiger partial charge >= 0.3 is 0 Å². The topological polar surface area (TPSA) is 44.8 Å². The molecule has 5 nitrogen and oxygen atoms in total. The van der Waals surface area contributed by atoms with E-state index in [4.69, 9.17) is 16.3 Å². The Balaban J connectivity index is 1.45. The Morgan fingerprint density at radius 2 is 1.70 bits per heavy atom. The number of nitrogens with zero attached hydrogens (tertiary/aromatic N) is 2. The van der Waals surface area contributed by atoms with Crippen molar-refractivity contribution in [1.82, 2.24) is 4.90 Å². The van der Waals surface area contributed by atoms with Crippen LogP contribution in [0.25, 0.3) is 0 Å². The monoisotopic (exact) mass is 419 g/mol. The normalized spacial score (nSPS) is 17.3. The summed E-state index contributed by atoms with van der Waals surface area (Å²) in [6.07, 6.45) is 0. The number of carbonyl (C=O) groups excluding carboxylic acids is 1. The number of benzene rings is 3. The van der Waals surface area contributed by atoms with Crippen molar-refractivity contribution in [2.45, 2.75) is 12.2 Å². The molecule has 3 aromatic rings. The smallest absolute Gasteiger partial charge is 0.262 e. The molecular formula is C24H22ClN3O2. The highest BCUT2D eigenvalue weighted by Crippen LogP contribution is 2.41.